The van der Waals surface area contributed by atoms with Crippen molar-refractivity contribution in [1.29, 1.82) is 0 Å². The number of fused-ring (bicyclic) bond motifs is 8. The van der Waals surface area contributed by atoms with Crippen LogP contribution in [0.2, 0.25) is 0 Å². The van der Waals surface area contributed by atoms with E-state index in [9.17, 15) is 0 Å². The molecule has 0 heterocycles. The molecule has 0 amide bonds. The van der Waals surface area contributed by atoms with Gasteiger partial charge in [-0.1, -0.05) is 55.3 Å². The van der Waals surface area contributed by atoms with Gasteiger partial charge < -0.3 is 0 Å². The molecule has 5 rings (SSSR count). The summed E-state index contributed by atoms with van der Waals surface area (Å²) in [4.78, 5) is 0. The highest BCUT2D eigenvalue weighted by molar-refractivity contribution is 5.37. The van der Waals surface area contributed by atoms with E-state index in [4.69, 9.17) is 0 Å². The van der Waals surface area contributed by atoms with Gasteiger partial charge in [0.25, 0.3) is 0 Å². The minimum absolute atomic E-state index is 0.779. The molecule has 0 saturated heterocycles. The van der Waals surface area contributed by atoms with E-state index in [2.05, 4.69) is 42.5 Å². The van der Waals surface area contributed by atoms with Gasteiger partial charge in [0, 0.05) is 0 Å². The van der Waals surface area contributed by atoms with Crippen molar-refractivity contribution in [3.63, 3.8) is 0 Å². The predicted molar refractivity (Wildman–Crippen MR) is 103 cm³/mol. The normalized spacial score (nSPS) is 21.6. The zero-order valence-corrected chi connectivity index (χ0v) is 14.9. The minimum atomic E-state index is 0.779. The van der Waals surface area contributed by atoms with E-state index < -0.39 is 0 Å². The second kappa shape index (κ2) is 7.55. The van der Waals surface area contributed by atoms with Crippen LogP contribution in [0.15, 0.2) is 42.5 Å². The summed E-state index contributed by atoms with van der Waals surface area (Å²) in [5.41, 5.74) is 7.94. The van der Waals surface area contributed by atoms with Crippen molar-refractivity contribution in [2.45, 2.75) is 76.5 Å². The summed E-state index contributed by atoms with van der Waals surface area (Å²) in [5.74, 6) is 0.779. The predicted octanol–water partition coefficient (Wildman–Crippen LogP) is 6.40. The molecule has 0 spiro atoms. The number of aryl methyl sites for hydroxylation is 4. The molecular weight excluding hydrogens is 288 g/mol. The van der Waals surface area contributed by atoms with Crippen LogP contribution in [0.4, 0.5) is 0 Å². The number of hydrogen-bond acceptors (Lipinski definition) is 0. The van der Waals surface area contributed by atoms with E-state index in [1.165, 1.54) is 81.8 Å². The van der Waals surface area contributed by atoms with Crippen LogP contribution in [0, 0.1) is 0 Å². The Bertz CT molecular complexity index is 665. The summed E-state index contributed by atoms with van der Waals surface area (Å²) in [5, 5.41) is 0. The molecule has 4 bridgehead atoms. The molecule has 2 aromatic carbocycles. The Balaban J connectivity index is 1.59. The quantitative estimate of drug-likeness (QED) is 0.527. The average Bonchev–Trinajstić information content (AvgIpc) is 2.63. The third-order valence-electron chi connectivity index (χ3n) is 6.13. The van der Waals surface area contributed by atoms with Gasteiger partial charge in [-0.15, -0.1) is 0 Å². The van der Waals surface area contributed by atoms with Crippen molar-refractivity contribution in [2.24, 2.45) is 0 Å². The standard InChI is InChI=1S/C24H30/c1-2-4-7-21-15-17-23-9-5-8-22(24(23)18-21)16-14-20-12-10-19(6-3-1)11-13-20/h10-13,15,17-18,22H,1-9,14,16H2. The monoisotopic (exact) mass is 318 g/mol. The molecule has 126 valence electrons. The van der Waals surface area contributed by atoms with Crippen LogP contribution in [0.5, 0.6) is 0 Å². The summed E-state index contributed by atoms with van der Waals surface area (Å²) >= 11 is 0. The number of hydrogen-bond donors (Lipinski definition) is 0. The summed E-state index contributed by atoms with van der Waals surface area (Å²) in [6, 6.07) is 16.9. The molecule has 0 heteroatoms. The van der Waals surface area contributed by atoms with Crippen molar-refractivity contribution < 1.29 is 0 Å². The van der Waals surface area contributed by atoms with Gasteiger partial charge in [0.15, 0.2) is 0 Å². The Morgan fingerprint density at radius 3 is 2.00 bits per heavy atom. The van der Waals surface area contributed by atoms with Crippen LogP contribution < -0.4 is 0 Å². The van der Waals surface area contributed by atoms with E-state index in [0.717, 1.165) is 5.92 Å². The highest BCUT2D eigenvalue weighted by Crippen LogP contribution is 2.35. The first-order valence-electron chi connectivity index (χ1n) is 10.1. The van der Waals surface area contributed by atoms with E-state index >= 15 is 0 Å². The van der Waals surface area contributed by atoms with E-state index in [1.807, 2.05) is 0 Å². The Morgan fingerprint density at radius 1 is 0.542 bits per heavy atom. The highest BCUT2D eigenvalue weighted by atomic mass is 14.2. The van der Waals surface area contributed by atoms with Crippen molar-refractivity contribution in [3.05, 3.63) is 70.3 Å². The molecule has 1 atom stereocenters. The largest absolute Gasteiger partial charge is 0.0588 e. The van der Waals surface area contributed by atoms with Crippen LogP contribution in [-0.2, 0) is 25.7 Å². The zero-order chi connectivity index (χ0) is 16.2. The van der Waals surface area contributed by atoms with Gasteiger partial charge in [0.05, 0.1) is 0 Å². The topological polar surface area (TPSA) is 0 Å². The third-order valence-corrected chi connectivity index (χ3v) is 6.13. The lowest BCUT2D eigenvalue weighted by Gasteiger charge is -2.26. The number of benzene rings is 2. The molecule has 0 fully saturated rings. The maximum atomic E-state index is 2.56. The zero-order valence-electron chi connectivity index (χ0n) is 14.9. The van der Waals surface area contributed by atoms with Crippen molar-refractivity contribution in [3.8, 4) is 0 Å². The van der Waals surface area contributed by atoms with Gasteiger partial charge >= 0.3 is 0 Å². The van der Waals surface area contributed by atoms with E-state index in [1.54, 1.807) is 16.7 Å². The maximum absolute atomic E-state index is 2.56. The lowest BCUT2D eigenvalue weighted by molar-refractivity contribution is 0.519. The SMILES string of the molecule is c1cc2ccc1CCCCCCc1ccc3c(c1)C(CCC3)CC2. The van der Waals surface area contributed by atoms with Crippen molar-refractivity contribution >= 4 is 0 Å². The first-order valence-corrected chi connectivity index (χ1v) is 10.1. The second-order valence-electron chi connectivity index (χ2n) is 7.89. The molecule has 0 nitrogen and oxygen atoms in total. The van der Waals surface area contributed by atoms with Crippen molar-refractivity contribution in [2.75, 3.05) is 0 Å². The van der Waals surface area contributed by atoms with E-state index in [-0.39, 0.29) is 0 Å². The molecule has 1 unspecified atom stereocenters. The summed E-state index contributed by atoms with van der Waals surface area (Å²) in [7, 11) is 0. The van der Waals surface area contributed by atoms with Gasteiger partial charge in [-0.05, 0) is 91.5 Å². The molecule has 3 aliphatic rings. The van der Waals surface area contributed by atoms with Gasteiger partial charge in [0.2, 0.25) is 0 Å². The molecule has 0 aromatic heterocycles. The molecule has 24 heavy (non-hydrogen) atoms. The van der Waals surface area contributed by atoms with Crippen LogP contribution >= 0.6 is 0 Å². The lowest BCUT2D eigenvalue weighted by Crippen LogP contribution is -2.11. The molecule has 0 N–H and O–H groups in total. The van der Waals surface area contributed by atoms with Gasteiger partial charge in [0.1, 0.15) is 0 Å². The Morgan fingerprint density at radius 2 is 1.21 bits per heavy atom. The van der Waals surface area contributed by atoms with Gasteiger partial charge in [-0.3, -0.25) is 0 Å². The Kier molecular flexibility index (Phi) is 5.02. The fourth-order valence-corrected chi connectivity index (χ4v) is 4.63. The summed E-state index contributed by atoms with van der Waals surface area (Å²) in [6.45, 7) is 0. The smallest absolute Gasteiger partial charge is 0.0156 e. The van der Waals surface area contributed by atoms with E-state index in [0.29, 0.717) is 0 Å². The fraction of sp³-hybridized carbons (Fsp3) is 0.500. The molecule has 0 radical (unpaired) electrons. The summed E-state index contributed by atoms with van der Waals surface area (Å²) in [6.07, 6.45) is 14.5. The van der Waals surface area contributed by atoms with Gasteiger partial charge in [-0.2, -0.15) is 0 Å². The molecule has 0 saturated carbocycles. The Labute approximate surface area is 147 Å². The van der Waals surface area contributed by atoms with Crippen molar-refractivity contribution in [1.82, 2.24) is 0 Å². The first-order chi connectivity index (χ1) is 11.9. The lowest BCUT2D eigenvalue weighted by atomic mass is 9.79. The number of rotatable bonds is 0. The van der Waals surface area contributed by atoms with Crippen LogP contribution in [0.1, 0.15) is 78.7 Å². The average molecular weight is 319 g/mol. The van der Waals surface area contributed by atoms with Crippen LogP contribution in [0.25, 0.3) is 0 Å². The fourth-order valence-electron chi connectivity index (χ4n) is 4.63. The van der Waals surface area contributed by atoms with Crippen LogP contribution in [0.3, 0.4) is 0 Å². The molecule has 3 aliphatic carbocycles. The van der Waals surface area contributed by atoms with Crippen LogP contribution in [-0.4, -0.2) is 0 Å². The maximum Gasteiger partial charge on any atom is -0.0156 e. The Hall–Kier alpha value is -1.56. The minimum Gasteiger partial charge on any atom is -0.0588 e. The molecular formula is C24H30. The summed E-state index contributed by atoms with van der Waals surface area (Å²) < 4.78 is 0. The second-order valence-corrected chi connectivity index (χ2v) is 7.89. The third kappa shape index (κ3) is 3.74. The van der Waals surface area contributed by atoms with Gasteiger partial charge in [-0.25, -0.2) is 0 Å². The molecule has 0 aliphatic heterocycles. The molecule has 2 aromatic rings. The highest BCUT2D eigenvalue weighted by Gasteiger charge is 2.20. The first kappa shape index (κ1) is 15.9.